The highest BCUT2D eigenvalue weighted by Crippen LogP contribution is 2.20. The standard InChI is InChI=1S/C16H29N3O2S/c1-5-12-17-22(20,21)18-13-16(19(6-2)7-3)15-10-8-14(4)9-11-15/h8-11,16-18H,5-7,12-13H2,1-4H3. The maximum atomic E-state index is 11.9. The molecule has 0 bridgehead atoms. The van der Waals surface area contributed by atoms with Crippen LogP contribution in [-0.4, -0.2) is 39.5 Å². The summed E-state index contributed by atoms with van der Waals surface area (Å²) in [6, 6.07) is 8.32. The molecule has 0 aliphatic rings. The van der Waals surface area contributed by atoms with Crippen molar-refractivity contribution in [3.63, 3.8) is 0 Å². The van der Waals surface area contributed by atoms with Crippen LogP contribution in [0.1, 0.15) is 44.4 Å². The summed E-state index contributed by atoms with van der Waals surface area (Å²) in [4.78, 5) is 2.26. The number of benzene rings is 1. The molecule has 0 spiro atoms. The number of aryl methyl sites for hydroxylation is 1. The van der Waals surface area contributed by atoms with E-state index in [9.17, 15) is 8.42 Å². The second kappa shape index (κ2) is 9.25. The highest BCUT2D eigenvalue weighted by Gasteiger charge is 2.20. The van der Waals surface area contributed by atoms with Gasteiger partial charge in [0.15, 0.2) is 0 Å². The molecular weight excluding hydrogens is 298 g/mol. The molecule has 126 valence electrons. The van der Waals surface area contributed by atoms with Gasteiger partial charge in [-0.3, -0.25) is 4.90 Å². The van der Waals surface area contributed by atoms with Crippen LogP contribution < -0.4 is 9.44 Å². The van der Waals surface area contributed by atoms with Crippen LogP contribution in [0.15, 0.2) is 24.3 Å². The van der Waals surface area contributed by atoms with E-state index in [1.165, 1.54) is 5.56 Å². The van der Waals surface area contributed by atoms with Crippen LogP contribution in [0.5, 0.6) is 0 Å². The molecule has 0 saturated heterocycles. The zero-order valence-corrected chi connectivity index (χ0v) is 14.9. The molecule has 5 nitrogen and oxygen atoms in total. The maximum absolute atomic E-state index is 11.9. The van der Waals surface area contributed by atoms with Crippen LogP contribution in [0, 0.1) is 6.92 Å². The number of hydrogen-bond donors (Lipinski definition) is 2. The molecule has 0 heterocycles. The van der Waals surface area contributed by atoms with E-state index in [2.05, 4.69) is 52.5 Å². The Morgan fingerprint density at radius 3 is 2.14 bits per heavy atom. The first-order chi connectivity index (χ1) is 10.4. The van der Waals surface area contributed by atoms with E-state index in [1.54, 1.807) is 0 Å². The summed E-state index contributed by atoms with van der Waals surface area (Å²) >= 11 is 0. The molecule has 0 aliphatic heterocycles. The first-order valence-corrected chi connectivity index (χ1v) is 9.46. The minimum atomic E-state index is -3.43. The van der Waals surface area contributed by atoms with Gasteiger partial charge in [0.1, 0.15) is 0 Å². The smallest absolute Gasteiger partial charge is 0.276 e. The SMILES string of the molecule is CCCNS(=O)(=O)NCC(c1ccc(C)cc1)N(CC)CC. The molecule has 0 fully saturated rings. The highest BCUT2D eigenvalue weighted by molar-refractivity contribution is 7.87. The van der Waals surface area contributed by atoms with E-state index in [0.717, 1.165) is 25.1 Å². The topological polar surface area (TPSA) is 61.4 Å². The van der Waals surface area contributed by atoms with Crippen molar-refractivity contribution < 1.29 is 8.42 Å². The van der Waals surface area contributed by atoms with Gasteiger partial charge in [-0.15, -0.1) is 0 Å². The summed E-state index contributed by atoms with van der Waals surface area (Å²) in [5.74, 6) is 0. The lowest BCUT2D eigenvalue weighted by Crippen LogP contribution is -2.42. The van der Waals surface area contributed by atoms with E-state index >= 15 is 0 Å². The Kier molecular flexibility index (Phi) is 8.03. The third-order valence-electron chi connectivity index (χ3n) is 3.72. The molecule has 1 unspecified atom stereocenters. The Balaban J connectivity index is 2.85. The van der Waals surface area contributed by atoms with Crippen molar-refractivity contribution in [3.05, 3.63) is 35.4 Å². The molecule has 1 rings (SSSR count). The average Bonchev–Trinajstić information content (AvgIpc) is 2.50. The predicted octanol–water partition coefficient (Wildman–Crippen LogP) is 2.21. The Hall–Kier alpha value is -0.950. The van der Waals surface area contributed by atoms with Gasteiger partial charge in [0.2, 0.25) is 0 Å². The summed E-state index contributed by atoms with van der Waals surface area (Å²) in [5.41, 5.74) is 2.33. The van der Waals surface area contributed by atoms with Crippen LogP contribution in [0.25, 0.3) is 0 Å². The molecule has 0 amide bonds. The second-order valence-corrected chi connectivity index (χ2v) is 6.98. The Labute approximate surface area is 135 Å². The summed E-state index contributed by atoms with van der Waals surface area (Å²) in [6.45, 7) is 10.7. The van der Waals surface area contributed by atoms with E-state index < -0.39 is 10.2 Å². The highest BCUT2D eigenvalue weighted by atomic mass is 32.2. The van der Waals surface area contributed by atoms with Gasteiger partial charge < -0.3 is 0 Å². The van der Waals surface area contributed by atoms with Crippen LogP contribution in [0.2, 0.25) is 0 Å². The fourth-order valence-electron chi connectivity index (χ4n) is 2.39. The fraction of sp³-hybridized carbons (Fsp3) is 0.625. The van der Waals surface area contributed by atoms with Crippen molar-refractivity contribution in [1.29, 1.82) is 0 Å². The summed E-state index contributed by atoms with van der Waals surface area (Å²) in [5, 5.41) is 0. The minimum Gasteiger partial charge on any atom is -0.296 e. The number of nitrogens with zero attached hydrogens (tertiary/aromatic N) is 1. The molecular formula is C16H29N3O2S. The third-order valence-corrected chi connectivity index (χ3v) is 4.85. The normalized spacial score (nSPS) is 13.5. The summed E-state index contributed by atoms with van der Waals surface area (Å²) < 4.78 is 29.1. The van der Waals surface area contributed by atoms with Crippen molar-refractivity contribution in [1.82, 2.24) is 14.3 Å². The Morgan fingerprint density at radius 1 is 1.05 bits per heavy atom. The van der Waals surface area contributed by atoms with Crippen LogP contribution in [-0.2, 0) is 10.2 Å². The number of rotatable bonds is 10. The van der Waals surface area contributed by atoms with Gasteiger partial charge in [-0.2, -0.15) is 8.42 Å². The maximum Gasteiger partial charge on any atom is 0.276 e. The first-order valence-electron chi connectivity index (χ1n) is 7.98. The van der Waals surface area contributed by atoms with Gasteiger partial charge in [-0.05, 0) is 32.0 Å². The number of nitrogens with one attached hydrogen (secondary N) is 2. The Bertz CT molecular complexity index is 525. The van der Waals surface area contributed by atoms with E-state index in [-0.39, 0.29) is 6.04 Å². The van der Waals surface area contributed by atoms with E-state index in [1.807, 2.05) is 13.8 Å². The Morgan fingerprint density at radius 2 is 1.64 bits per heavy atom. The predicted molar refractivity (Wildman–Crippen MR) is 92.1 cm³/mol. The molecule has 0 aromatic heterocycles. The van der Waals surface area contributed by atoms with Crippen LogP contribution in [0.3, 0.4) is 0 Å². The third kappa shape index (κ3) is 6.04. The molecule has 1 aromatic rings. The summed E-state index contributed by atoms with van der Waals surface area (Å²) in [6.07, 6.45) is 0.776. The lowest BCUT2D eigenvalue weighted by atomic mass is 10.0. The van der Waals surface area contributed by atoms with E-state index in [0.29, 0.717) is 13.1 Å². The van der Waals surface area contributed by atoms with Crippen LogP contribution >= 0.6 is 0 Å². The molecule has 0 saturated carbocycles. The van der Waals surface area contributed by atoms with Crippen molar-refractivity contribution >= 4 is 10.2 Å². The lowest BCUT2D eigenvalue weighted by Gasteiger charge is -2.30. The molecule has 0 aliphatic carbocycles. The zero-order chi connectivity index (χ0) is 16.6. The lowest BCUT2D eigenvalue weighted by molar-refractivity contribution is 0.220. The zero-order valence-electron chi connectivity index (χ0n) is 14.1. The van der Waals surface area contributed by atoms with E-state index in [4.69, 9.17) is 0 Å². The largest absolute Gasteiger partial charge is 0.296 e. The van der Waals surface area contributed by atoms with Gasteiger partial charge >= 0.3 is 0 Å². The van der Waals surface area contributed by atoms with Gasteiger partial charge in [-0.25, -0.2) is 9.44 Å². The van der Waals surface area contributed by atoms with Gasteiger partial charge in [-0.1, -0.05) is 50.6 Å². The second-order valence-electron chi connectivity index (χ2n) is 5.39. The molecule has 1 atom stereocenters. The molecule has 22 heavy (non-hydrogen) atoms. The average molecular weight is 327 g/mol. The summed E-state index contributed by atoms with van der Waals surface area (Å²) in [7, 11) is -3.43. The van der Waals surface area contributed by atoms with Crippen LogP contribution in [0.4, 0.5) is 0 Å². The van der Waals surface area contributed by atoms with Gasteiger partial charge in [0, 0.05) is 19.1 Å². The van der Waals surface area contributed by atoms with Gasteiger partial charge in [0.05, 0.1) is 0 Å². The fourth-order valence-corrected chi connectivity index (χ4v) is 3.34. The quantitative estimate of drug-likeness (QED) is 0.693. The molecule has 2 N–H and O–H groups in total. The number of likely N-dealkylation sites (N-methyl/N-ethyl adjacent to an activating group) is 1. The number of hydrogen-bond acceptors (Lipinski definition) is 3. The van der Waals surface area contributed by atoms with Crippen molar-refractivity contribution in [2.75, 3.05) is 26.2 Å². The van der Waals surface area contributed by atoms with Crippen molar-refractivity contribution in [2.24, 2.45) is 0 Å². The first kappa shape index (κ1) is 19.1. The van der Waals surface area contributed by atoms with Gasteiger partial charge in [0.25, 0.3) is 10.2 Å². The minimum absolute atomic E-state index is 0.0359. The van der Waals surface area contributed by atoms with Crippen molar-refractivity contribution in [3.8, 4) is 0 Å². The monoisotopic (exact) mass is 327 g/mol. The molecule has 1 aromatic carbocycles. The molecule has 6 heteroatoms. The molecule has 0 radical (unpaired) electrons. The van der Waals surface area contributed by atoms with Crippen molar-refractivity contribution in [2.45, 2.75) is 40.2 Å².